The molecular weight excluding hydrogens is 839 g/mol. The number of amides is 1. The maximum absolute atomic E-state index is 13.0. The predicted octanol–water partition coefficient (Wildman–Crippen LogP) is 11.2. The molecule has 1 amide bonds. The monoisotopic (exact) mass is 910 g/mol. The van der Waals surface area contributed by atoms with Crippen LogP contribution in [-0.4, -0.2) is 118 Å². The lowest BCUT2D eigenvalue weighted by Gasteiger charge is -2.42. The number of H-pyrrole nitrogens is 2. The first-order chi connectivity index (χ1) is 31.9. The van der Waals surface area contributed by atoms with Gasteiger partial charge in [-0.05, 0) is 140 Å². The van der Waals surface area contributed by atoms with Crippen LogP contribution in [-0.2, 0) is 4.79 Å². The smallest absolute Gasteiger partial charge is 0.220 e. The number of unbranched alkanes of at least 4 members (excludes halogenated alkanes) is 1. The molecular formula is C54H71N9O2S. The number of imidazole rings is 2. The summed E-state index contributed by atoms with van der Waals surface area (Å²) in [7, 11) is 9.31. The van der Waals surface area contributed by atoms with Crippen molar-refractivity contribution in [3.8, 4) is 28.5 Å². The van der Waals surface area contributed by atoms with Crippen molar-refractivity contribution in [3.63, 3.8) is 0 Å². The highest BCUT2D eigenvalue weighted by atomic mass is 32.3. The minimum atomic E-state index is -1.25. The van der Waals surface area contributed by atoms with E-state index in [1.54, 1.807) is 0 Å². The van der Waals surface area contributed by atoms with Gasteiger partial charge in [-0.25, -0.2) is 9.97 Å². The van der Waals surface area contributed by atoms with Crippen LogP contribution in [0.25, 0.3) is 50.4 Å². The molecule has 0 bridgehead atoms. The average molecular weight is 910 g/mol. The van der Waals surface area contributed by atoms with Gasteiger partial charge in [0, 0.05) is 110 Å². The molecule has 3 N–H and O–H groups in total. The van der Waals surface area contributed by atoms with Crippen LogP contribution >= 0.6 is 10.0 Å². The van der Waals surface area contributed by atoms with Crippen LogP contribution in [0, 0.1) is 0 Å². The molecule has 2 aliphatic rings. The molecule has 0 spiro atoms. The molecule has 0 unspecified atom stereocenters. The van der Waals surface area contributed by atoms with E-state index in [-0.39, 0.29) is 10.2 Å². The maximum atomic E-state index is 13.0. The highest BCUT2D eigenvalue weighted by Crippen LogP contribution is 2.65. The number of hydrogen-bond acceptors (Lipinski definition) is 8. The number of aromatic amines is 2. The molecule has 66 heavy (non-hydrogen) atoms. The first-order valence-electron chi connectivity index (χ1n) is 22.9. The number of aromatic nitrogens is 4. The Morgan fingerprint density at radius 3 is 1.95 bits per heavy atom. The molecule has 1 fully saturated rings. The molecule has 1 saturated heterocycles. The summed E-state index contributed by atoms with van der Waals surface area (Å²) >= 11 is 0. The number of allylic oxidation sites excluding steroid dienone is 1. The number of rotatable bonds is 14. The van der Waals surface area contributed by atoms with Gasteiger partial charge in [0.05, 0.1) is 28.7 Å². The van der Waals surface area contributed by atoms with E-state index in [0.717, 1.165) is 89.6 Å². The molecule has 0 radical (unpaired) electrons. The van der Waals surface area contributed by atoms with Gasteiger partial charge in [0.25, 0.3) is 0 Å². The zero-order valence-electron chi connectivity index (χ0n) is 39.7. The van der Waals surface area contributed by atoms with Crippen molar-refractivity contribution in [1.82, 2.24) is 30.2 Å². The number of piperazine rings is 1. The Kier molecular flexibility index (Phi) is 13.9. The second-order valence-electron chi connectivity index (χ2n) is 18.0. The van der Waals surface area contributed by atoms with Crippen LogP contribution in [0.2, 0.25) is 0 Å². The van der Waals surface area contributed by atoms with E-state index in [1.165, 1.54) is 43.6 Å². The number of nitrogens with zero attached hydrogens (tertiary/aromatic N) is 6. The molecule has 2 aromatic heterocycles. The van der Waals surface area contributed by atoms with Gasteiger partial charge in [0.15, 0.2) is 0 Å². The number of carbonyl (C=O) groups is 1. The topological polar surface area (TPSA) is 109 Å². The SMILES string of the molecule is C=C.CN1CCN(c2ccc3nc(-c4ccc5nc(-c6ccc(OCCCCNC(=O)CCC=C7c8ccc(N(C)C)cc8S(C)(C)c8cc(N(C)C)ccc87)cc6)[nH]c5c4)[nH]c3c2)CC1.[HH].[HH].[HH]. The largest absolute Gasteiger partial charge is 0.494 e. The zero-order valence-corrected chi connectivity index (χ0v) is 40.5. The quantitative estimate of drug-likeness (QED) is 0.0731. The first-order valence-corrected chi connectivity index (χ1v) is 25.4. The van der Waals surface area contributed by atoms with Crippen LogP contribution in [0.1, 0.15) is 41.1 Å². The standard InChI is InChI=1S/C52H61N9O2S.C2H4.3H2/c1-58(2)37-16-21-42-41(43-22-17-38(59(3)4)34-49(43)64(6,7)48(42)33-37)11-10-12-50(62)53-25-8-9-30-63-40-19-13-35(14-20-40)51-54-44-23-15-36(31-46(44)56-51)52-55-45-24-18-39(32-47(45)57-52)61-28-26-60(5)27-29-61;1-2;;;/h11,13-24,31-34H,8-10,12,25-30H2,1-7H3,(H,53,62)(H,54,56)(H,55,57);1-2H2;3*1H. The fourth-order valence-corrected chi connectivity index (χ4v) is 11.4. The van der Waals surface area contributed by atoms with Gasteiger partial charge in [0.1, 0.15) is 17.4 Å². The molecule has 0 atom stereocenters. The van der Waals surface area contributed by atoms with Crippen molar-refractivity contribution in [3.05, 3.63) is 127 Å². The number of hydrogen-bond donors (Lipinski definition) is 3. The summed E-state index contributed by atoms with van der Waals surface area (Å²) in [6.45, 7) is 11.4. The molecule has 9 rings (SSSR count). The lowest BCUT2D eigenvalue weighted by molar-refractivity contribution is -0.121. The van der Waals surface area contributed by atoms with Crippen molar-refractivity contribution < 1.29 is 13.8 Å². The average Bonchev–Trinajstić information content (AvgIpc) is 3.96. The van der Waals surface area contributed by atoms with Crippen molar-refractivity contribution in [1.29, 1.82) is 0 Å². The fourth-order valence-electron chi connectivity index (χ4n) is 8.83. The lowest BCUT2D eigenvalue weighted by atomic mass is 9.95. The molecule has 350 valence electrons. The lowest BCUT2D eigenvalue weighted by Crippen LogP contribution is -2.44. The van der Waals surface area contributed by atoms with E-state index in [4.69, 9.17) is 14.7 Å². The molecule has 2 aliphatic heterocycles. The fraction of sp³-hybridized carbons (Fsp3) is 0.315. The van der Waals surface area contributed by atoms with Gasteiger partial charge >= 0.3 is 0 Å². The van der Waals surface area contributed by atoms with Crippen molar-refractivity contribution in [2.24, 2.45) is 0 Å². The normalized spacial score (nSPS) is 14.8. The van der Waals surface area contributed by atoms with Crippen molar-refractivity contribution in [2.75, 3.05) is 102 Å². The van der Waals surface area contributed by atoms with Gasteiger partial charge in [0.2, 0.25) is 5.91 Å². The molecule has 11 nitrogen and oxygen atoms in total. The Morgan fingerprint density at radius 1 is 0.758 bits per heavy atom. The maximum Gasteiger partial charge on any atom is 0.220 e. The Hall–Kier alpha value is -6.50. The number of anilines is 3. The summed E-state index contributed by atoms with van der Waals surface area (Å²) in [6.07, 6.45) is 9.89. The number of ether oxygens (including phenoxy) is 1. The summed E-state index contributed by atoms with van der Waals surface area (Å²) in [5.41, 5.74) is 13.3. The minimum absolute atomic E-state index is 0. The number of nitrogens with one attached hydrogen (secondary N) is 3. The van der Waals surface area contributed by atoms with Crippen LogP contribution < -0.4 is 24.8 Å². The Labute approximate surface area is 396 Å². The van der Waals surface area contributed by atoms with Crippen LogP contribution in [0.3, 0.4) is 0 Å². The van der Waals surface area contributed by atoms with E-state index in [2.05, 4.69) is 169 Å². The van der Waals surface area contributed by atoms with Crippen LogP contribution in [0.15, 0.2) is 126 Å². The molecule has 0 aliphatic carbocycles. The van der Waals surface area contributed by atoms with Gasteiger partial charge < -0.3 is 39.6 Å². The summed E-state index contributed by atoms with van der Waals surface area (Å²) in [6, 6.07) is 34.5. The third-order valence-corrected chi connectivity index (χ3v) is 15.6. The van der Waals surface area contributed by atoms with E-state index in [9.17, 15) is 4.79 Å². The number of benzene rings is 5. The van der Waals surface area contributed by atoms with E-state index in [1.807, 2.05) is 30.3 Å². The van der Waals surface area contributed by atoms with Crippen molar-refractivity contribution in [2.45, 2.75) is 35.5 Å². The number of fused-ring (bicyclic) bond motifs is 4. The van der Waals surface area contributed by atoms with Crippen molar-refractivity contribution >= 4 is 60.6 Å². The van der Waals surface area contributed by atoms with E-state index >= 15 is 0 Å². The molecule has 5 aromatic carbocycles. The van der Waals surface area contributed by atoms with Gasteiger partial charge in [-0.15, -0.1) is 13.2 Å². The highest BCUT2D eigenvalue weighted by molar-refractivity contribution is 8.32. The second kappa shape index (κ2) is 19.9. The van der Waals surface area contributed by atoms with Crippen LogP contribution in [0.5, 0.6) is 5.75 Å². The summed E-state index contributed by atoms with van der Waals surface area (Å²) in [5.74, 6) is 2.54. The summed E-state index contributed by atoms with van der Waals surface area (Å²) in [5, 5.41) is 3.13. The van der Waals surface area contributed by atoms with E-state index in [0.29, 0.717) is 26.0 Å². The Morgan fingerprint density at radius 2 is 1.33 bits per heavy atom. The van der Waals surface area contributed by atoms with Gasteiger partial charge in [-0.1, -0.05) is 18.2 Å². The minimum Gasteiger partial charge on any atom is -0.494 e. The van der Waals surface area contributed by atoms with E-state index < -0.39 is 10.0 Å². The predicted molar refractivity (Wildman–Crippen MR) is 285 cm³/mol. The Bertz CT molecular complexity index is 2810. The van der Waals surface area contributed by atoms with Gasteiger partial charge in [-0.2, -0.15) is 10.0 Å². The third-order valence-electron chi connectivity index (χ3n) is 12.7. The Balaban J connectivity index is 0.00000175. The first kappa shape index (κ1) is 46.0. The highest BCUT2D eigenvalue weighted by Gasteiger charge is 2.32. The molecule has 4 heterocycles. The molecule has 7 aromatic rings. The number of likely N-dealkylation sites (N-methyl/N-ethyl adjacent to an activating group) is 1. The van der Waals surface area contributed by atoms with Gasteiger partial charge in [-0.3, -0.25) is 4.79 Å². The molecule has 0 saturated carbocycles. The zero-order chi connectivity index (χ0) is 46.5. The second-order valence-corrected chi connectivity index (χ2v) is 21.5. The summed E-state index contributed by atoms with van der Waals surface area (Å²) < 4.78 is 6.07. The summed E-state index contributed by atoms with van der Waals surface area (Å²) in [4.78, 5) is 41.8. The third kappa shape index (κ3) is 9.85. The number of carbonyl (C=O) groups excluding carboxylic acids is 1. The van der Waals surface area contributed by atoms with Crippen LogP contribution in [0.4, 0.5) is 17.1 Å². The molecule has 12 heteroatoms.